The first-order valence-electron chi connectivity index (χ1n) is 6.40. The maximum atomic E-state index is 6.18. The zero-order valence-electron chi connectivity index (χ0n) is 11.0. The van der Waals surface area contributed by atoms with Crippen molar-refractivity contribution in [3.63, 3.8) is 0 Å². The molecule has 0 spiro atoms. The Morgan fingerprint density at radius 1 is 1.22 bits per heavy atom. The van der Waals surface area contributed by atoms with E-state index in [-0.39, 0.29) is 6.04 Å². The molecule has 2 rings (SSSR count). The maximum Gasteiger partial charge on any atom is 0.0930 e. The van der Waals surface area contributed by atoms with Crippen LogP contribution in [0.25, 0.3) is 0 Å². The van der Waals surface area contributed by atoms with E-state index < -0.39 is 0 Å². The van der Waals surface area contributed by atoms with E-state index in [4.69, 9.17) is 5.73 Å². The molecule has 1 aromatic heterocycles. The van der Waals surface area contributed by atoms with Gasteiger partial charge in [-0.1, -0.05) is 30.3 Å². The Morgan fingerprint density at radius 2 is 1.94 bits per heavy atom. The van der Waals surface area contributed by atoms with Gasteiger partial charge in [0.2, 0.25) is 0 Å². The van der Waals surface area contributed by atoms with E-state index in [0.717, 1.165) is 19.3 Å². The summed E-state index contributed by atoms with van der Waals surface area (Å²) < 4.78 is 0. The largest absolute Gasteiger partial charge is 0.324 e. The van der Waals surface area contributed by atoms with E-state index in [9.17, 15) is 0 Å². The Bertz CT molecular complexity index is 471. The van der Waals surface area contributed by atoms with Crippen LogP contribution in [0.3, 0.4) is 0 Å². The van der Waals surface area contributed by atoms with E-state index in [0.29, 0.717) is 0 Å². The summed E-state index contributed by atoms with van der Waals surface area (Å²) in [5, 5.41) is 1.24. The molecule has 0 saturated carbocycles. The van der Waals surface area contributed by atoms with Crippen molar-refractivity contribution in [3.8, 4) is 0 Å². The molecule has 2 N–H and O–H groups in total. The van der Waals surface area contributed by atoms with E-state index in [1.54, 1.807) is 0 Å². The molecule has 0 aliphatic carbocycles. The second-order valence-corrected chi connectivity index (χ2v) is 5.95. The smallest absolute Gasteiger partial charge is 0.0930 e. The Balaban J connectivity index is 1.82. The number of nitrogens with zero attached hydrogens (tertiary/aromatic N) is 1. The van der Waals surface area contributed by atoms with Crippen molar-refractivity contribution >= 4 is 11.3 Å². The molecule has 0 aliphatic rings. The van der Waals surface area contributed by atoms with Crippen molar-refractivity contribution in [2.45, 2.75) is 39.2 Å². The van der Waals surface area contributed by atoms with Crippen LogP contribution < -0.4 is 5.73 Å². The summed E-state index contributed by atoms with van der Waals surface area (Å²) in [6, 6.07) is 10.5. The topological polar surface area (TPSA) is 38.9 Å². The van der Waals surface area contributed by atoms with Crippen LogP contribution >= 0.6 is 11.3 Å². The minimum Gasteiger partial charge on any atom is -0.324 e. The summed E-state index contributed by atoms with van der Waals surface area (Å²) in [5.41, 5.74) is 8.57. The molecule has 18 heavy (non-hydrogen) atoms. The first-order valence-corrected chi connectivity index (χ1v) is 7.22. The highest BCUT2D eigenvalue weighted by Gasteiger charge is 2.07. The van der Waals surface area contributed by atoms with Crippen molar-refractivity contribution in [3.05, 3.63) is 51.5 Å². The molecule has 1 unspecified atom stereocenters. The Labute approximate surface area is 113 Å². The summed E-state index contributed by atoms with van der Waals surface area (Å²) in [5.74, 6) is 0. The van der Waals surface area contributed by atoms with Gasteiger partial charge in [0, 0.05) is 10.9 Å². The molecule has 96 valence electrons. The Kier molecular flexibility index (Phi) is 4.50. The fourth-order valence-electron chi connectivity index (χ4n) is 1.99. The first-order chi connectivity index (χ1) is 8.66. The average Bonchev–Trinajstić information content (AvgIpc) is 2.69. The molecule has 2 aromatic rings. The summed E-state index contributed by atoms with van der Waals surface area (Å²) in [4.78, 5) is 5.89. The van der Waals surface area contributed by atoms with Crippen LogP contribution in [0.15, 0.2) is 30.3 Å². The summed E-state index contributed by atoms with van der Waals surface area (Å²) in [6.45, 7) is 4.21. The van der Waals surface area contributed by atoms with Crippen LogP contribution in [0.1, 0.15) is 40.0 Å². The lowest BCUT2D eigenvalue weighted by molar-refractivity contribution is 0.610. The predicted octanol–water partition coefficient (Wildman–Crippen LogP) is 3.78. The molecule has 1 aromatic carbocycles. The van der Waals surface area contributed by atoms with Crippen molar-refractivity contribution in [1.82, 2.24) is 4.98 Å². The lowest BCUT2D eigenvalue weighted by atomic mass is 10.0. The van der Waals surface area contributed by atoms with Gasteiger partial charge in [0.05, 0.1) is 10.7 Å². The quantitative estimate of drug-likeness (QED) is 0.888. The molecule has 0 bridgehead atoms. The highest BCUT2D eigenvalue weighted by molar-refractivity contribution is 7.11. The van der Waals surface area contributed by atoms with Gasteiger partial charge >= 0.3 is 0 Å². The van der Waals surface area contributed by atoms with E-state index in [2.05, 4.69) is 31.0 Å². The minimum atomic E-state index is 0.147. The van der Waals surface area contributed by atoms with Gasteiger partial charge in [-0.2, -0.15) is 0 Å². The van der Waals surface area contributed by atoms with Gasteiger partial charge in [0.1, 0.15) is 0 Å². The van der Waals surface area contributed by atoms with Crippen molar-refractivity contribution < 1.29 is 0 Å². The molecule has 0 radical (unpaired) electrons. The molecule has 0 saturated heterocycles. The molecule has 1 heterocycles. The van der Waals surface area contributed by atoms with Gasteiger partial charge < -0.3 is 5.73 Å². The second kappa shape index (κ2) is 6.12. The molecule has 1 atom stereocenters. The number of thiazole rings is 1. The molecule has 0 amide bonds. The fraction of sp³-hybridized carbons (Fsp3) is 0.400. The van der Waals surface area contributed by atoms with Gasteiger partial charge in [-0.3, -0.25) is 0 Å². The lowest BCUT2D eigenvalue weighted by Gasteiger charge is -2.10. The number of rotatable bonds is 5. The SMILES string of the molecule is Cc1nc(CCCC(N)c2ccccc2)sc1C. The van der Waals surface area contributed by atoms with Crippen LogP contribution in [-0.2, 0) is 6.42 Å². The van der Waals surface area contributed by atoms with Crippen LogP contribution in [0.2, 0.25) is 0 Å². The monoisotopic (exact) mass is 260 g/mol. The minimum absolute atomic E-state index is 0.147. The van der Waals surface area contributed by atoms with Gasteiger partial charge in [-0.15, -0.1) is 11.3 Å². The third kappa shape index (κ3) is 3.40. The Hall–Kier alpha value is -1.19. The van der Waals surface area contributed by atoms with Gasteiger partial charge in [0.15, 0.2) is 0 Å². The number of aryl methyl sites for hydroxylation is 3. The molecular formula is C15H20N2S. The highest BCUT2D eigenvalue weighted by atomic mass is 32.1. The van der Waals surface area contributed by atoms with Crippen molar-refractivity contribution in [1.29, 1.82) is 0 Å². The molecule has 2 nitrogen and oxygen atoms in total. The maximum absolute atomic E-state index is 6.18. The molecule has 0 aliphatic heterocycles. The number of nitrogens with two attached hydrogens (primary N) is 1. The third-order valence-corrected chi connectivity index (χ3v) is 4.34. The van der Waals surface area contributed by atoms with Gasteiger partial charge in [-0.25, -0.2) is 4.98 Å². The number of hydrogen-bond acceptors (Lipinski definition) is 3. The van der Waals surface area contributed by atoms with E-state index in [1.807, 2.05) is 29.5 Å². The standard InChI is InChI=1S/C15H20N2S/c1-11-12(2)18-15(17-11)10-6-9-14(16)13-7-4-3-5-8-13/h3-5,7-8,14H,6,9-10,16H2,1-2H3. The first kappa shape index (κ1) is 13.2. The van der Waals surface area contributed by atoms with Crippen LogP contribution in [0.4, 0.5) is 0 Å². The third-order valence-electron chi connectivity index (χ3n) is 3.21. The summed E-state index contributed by atoms with van der Waals surface area (Å²) >= 11 is 1.81. The molecule has 0 fully saturated rings. The van der Waals surface area contributed by atoms with Crippen molar-refractivity contribution in [2.75, 3.05) is 0 Å². The summed E-state index contributed by atoms with van der Waals surface area (Å²) in [7, 11) is 0. The van der Waals surface area contributed by atoms with Gasteiger partial charge in [0.25, 0.3) is 0 Å². The zero-order chi connectivity index (χ0) is 13.0. The van der Waals surface area contributed by atoms with Gasteiger partial charge in [-0.05, 0) is 38.7 Å². The summed E-state index contributed by atoms with van der Waals surface area (Å²) in [6.07, 6.45) is 3.16. The zero-order valence-corrected chi connectivity index (χ0v) is 11.8. The molecule has 3 heteroatoms. The van der Waals surface area contributed by atoms with E-state index in [1.165, 1.54) is 21.1 Å². The highest BCUT2D eigenvalue weighted by Crippen LogP contribution is 2.21. The van der Waals surface area contributed by atoms with Crippen LogP contribution in [0, 0.1) is 13.8 Å². The van der Waals surface area contributed by atoms with E-state index >= 15 is 0 Å². The average molecular weight is 260 g/mol. The lowest BCUT2D eigenvalue weighted by Crippen LogP contribution is -2.10. The second-order valence-electron chi connectivity index (χ2n) is 4.66. The normalized spacial score (nSPS) is 12.6. The number of aromatic nitrogens is 1. The Morgan fingerprint density at radius 3 is 2.56 bits per heavy atom. The van der Waals surface area contributed by atoms with Crippen molar-refractivity contribution in [2.24, 2.45) is 5.73 Å². The number of hydrogen-bond donors (Lipinski definition) is 1. The molecular weight excluding hydrogens is 240 g/mol. The predicted molar refractivity (Wildman–Crippen MR) is 77.9 cm³/mol. The van der Waals surface area contributed by atoms with Crippen LogP contribution in [0.5, 0.6) is 0 Å². The number of benzene rings is 1. The fourth-order valence-corrected chi connectivity index (χ4v) is 2.96. The van der Waals surface area contributed by atoms with Crippen LogP contribution in [-0.4, -0.2) is 4.98 Å².